The van der Waals surface area contributed by atoms with Crippen molar-refractivity contribution in [1.82, 2.24) is 10.2 Å². The molecule has 1 aliphatic carbocycles. The summed E-state index contributed by atoms with van der Waals surface area (Å²) in [6.45, 7) is 4.87. The maximum atomic E-state index is 11.7. The molecule has 2 unspecified atom stereocenters. The molecule has 1 aliphatic heterocycles. The van der Waals surface area contributed by atoms with Crippen molar-refractivity contribution in [3.8, 4) is 0 Å². The van der Waals surface area contributed by atoms with Crippen LogP contribution in [0.15, 0.2) is 0 Å². The van der Waals surface area contributed by atoms with Crippen LogP contribution in [0.2, 0.25) is 0 Å². The van der Waals surface area contributed by atoms with Gasteiger partial charge in [-0.25, -0.2) is 0 Å². The molecule has 0 spiro atoms. The third-order valence-electron chi connectivity index (χ3n) is 3.54. The van der Waals surface area contributed by atoms with Crippen molar-refractivity contribution in [1.29, 1.82) is 0 Å². The molecule has 1 saturated carbocycles. The monoisotopic (exact) mass is 182 g/mol. The van der Waals surface area contributed by atoms with Gasteiger partial charge in [-0.15, -0.1) is 0 Å². The maximum Gasteiger partial charge on any atom is 0.240 e. The smallest absolute Gasteiger partial charge is 0.240 e. The number of rotatable bonds is 2. The van der Waals surface area contributed by atoms with Crippen LogP contribution in [0.25, 0.3) is 0 Å². The van der Waals surface area contributed by atoms with E-state index in [-0.39, 0.29) is 11.9 Å². The lowest BCUT2D eigenvalue weighted by Crippen LogP contribution is -2.43. The van der Waals surface area contributed by atoms with Crippen molar-refractivity contribution < 1.29 is 4.79 Å². The number of hydrogen-bond donors (Lipinski definition) is 1. The second-order valence-electron chi connectivity index (χ2n) is 4.32. The first-order valence-corrected chi connectivity index (χ1v) is 5.24. The van der Waals surface area contributed by atoms with Crippen molar-refractivity contribution in [2.75, 3.05) is 6.67 Å². The van der Waals surface area contributed by atoms with Crippen LogP contribution in [-0.2, 0) is 4.79 Å². The van der Waals surface area contributed by atoms with Crippen molar-refractivity contribution in [3.05, 3.63) is 0 Å². The van der Waals surface area contributed by atoms with E-state index in [0.29, 0.717) is 6.04 Å². The van der Waals surface area contributed by atoms with Crippen LogP contribution in [0.5, 0.6) is 0 Å². The van der Waals surface area contributed by atoms with Crippen molar-refractivity contribution in [2.24, 2.45) is 5.92 Å². The molecule has 2 atom stereocenters. The highest BCUT2D eigenvalue weighted by Gasteiger charge is 2.36. The molecule has 74 valence electrons. The number of carbonyl (C=O) groups excluding carboxylic acids is 1. The zero-order valence-corrected chi connectivity index (χ0v) is 8.42. The van der Waals surface area contributed by atoms with Gasteiger partial charge in [0.2, 0.25) is 5.91 Å². The average Bonchev–Trinajstić information content (AvgIpc) is 2.29. The summed E-state index contributed by atoms with van der Waals surface area (Å²) < 4.78 is 0. The molecule has 1 amide bonds. The van der Waals surface area contributed by atoms with Crippen LogP contribution in [0.1, 0.15) is 33.1 Å². The van der Waals surface area contributed by atoms with Gasteiger partial charge in [0.05, 0.1) is 12.7 Å². The first-order valence-electron chi connectivity index (χ1n) is 5.24. The Morgan fingerprint density at radius 1 is 1.54 bits per heavy atom. The van der Waals surface area contributed by atoms with E-state index < -0.39 is 0 Å². The first-order chi connectivity index (χ1) is 6.20. The van der Waals surface area contributed by atoms with E-state index in [9.17, 15) is 4.79 Å². The minimum atomic E-state index is 0.0301. The van der Waals surface area contributed by atoms with E-state index in [2.05, 4.69) is 12.2 Å². The Labute approximate surface area is 79.5 Å². The lowest BCUT2D eigenvalue weighted by atomic mass is 9.80. The summed E-state index contributed by atoms with van der Waals surface area (Å²) in [7, 11) is 0. The molecule has 3 heteroatoms. The Morgan fingerprint density at radius 2 is 2.23 bits per heavy atom. The molecule has 1 saturated heterocycles. The van der Waals surface area contributed by atoms with E-state index in [1.165, 1.54) is 19.3 Å². The van der Waals surface area contributed by atoms with Gasteiger partial charge in [-0.05, 0) is 32.6 Å². The minimum Gasteiger partial charge on any atom is -0.326 e. The minimum absolute atomic E-state index is 0.0301. The normalized spacial score (nSPS) is 32.0. The van der Waals surface area contributed by atoms with Crippen LogP contribution in [0.4, 0.5) is 0 Å². The second-order valence-corrected chi connectivity index (χ2v) is 4.32. The van der Waals surface area contributed by atoms with Crippen molar-refractivity contribution in [3.63, 3.8) is 0 Å². The molecule has 2 aliphatic rings. The molecule has 3 nitrogen and oxygen atoms in total. The van der Waals surface area contributed by atoms with Gasteiger partial charge in [0.25, 0.3) is 0 Å². The van der Waals surface area contributed by atoms with Gasteiger partial charge < -0.3 is 4.90 Å². The molecule has 0 aromatic heterocycles. The van der Waals surface area contributed by atoms with Gasteiger partial charge >= 0.3 is 0 Å². The Morgan fingerprint density at radius 3 is 2.62 bits per heavy atom. The van der Waals surface area contributed by atoms with Gasteiger partial charge in [0.1, 0.15) is 0 Å². The van der Waals surface area contributed by atoms with Gasteiger partial charge in [0, 0.05) is 6.04 Å². The zero-order valence-electron chi connectivity index (χ0n) is 8.42. The summed E-state index contributed by atoms with van der Waals surface area (Å²) in [5.41, 5.74) is 0. The SMILES string of the molecule is CC1NCN(C(C)C2CCC2)C1=O. The topological polar surface area (TPSA) is 32.3 Å². The Hall–Kier alpha value is -0.570. The molecular formula is C10H18N2O. The molecule has 2 rings (SSSR count). The van der Waals surface area contributed by atoms with Gasteiger partial charge in [-0.1, -0.05) is 6.42 Å². The van der Waals surface area contributed by atoms with Crippen molar-refractivity contribution >= 4 is 5.91 Å². The number of amides is 1. The standard InChI is InChI=1S/C10H18N2O/c1-7-10(13)12(6-11-7)8(2)9-4-3-5-9/h7-9,11H,3-6H2,1-2H3. The number of nitrogens with one attached hydrogen (secondary N) is 1. The largest absolute Gasteiger partial charge is 0.326 e. The van der Waals surface area contributed by atoms with E-state index in [1.807, 2.05) is 11.8 Å². The molecule has 1 heterocycles. The van der Waals surface area contributed by atoms with Gasteiger partial charge in [-0.2, -0.15) is 0 Å². The lowest BCUT2D eigenvalue weighted by molar-refractivity contribution is -0.131. The molecule has 0 aromatic rings. The zero-order chi connectivity index (χ0) is 9.42. The summed E-state index contributed by atoms with van der Waals surface area (Å²) in [5, 5.41) is 3.18. The van der Waals surface area contributed by atoms with E-state index >= 15 is 0 Å². The average molecular weight is 182 g/mol. The molecule has 0 bridgehead atoms. The third-order valence-corrected chi connectivity index (χ3v) is 3.54. The summed E-state index contributed by atoms with van der Waals surface area (Å²) >= 11 is 0. The summed E-state index contributed by atoms with van der Waals surface area (Å²) in [6.07, 6.45) is 3.96. The van der Waals surface area contributed by atoms with E-state index in [0.717, 1.165) is 12.6 Å². The van der Waals surface area contributed by atoms with E-state index in [4.69, 9.17) is 0 Å². The Bertz CT molecular complexity index is 213. The molecule has 13 heavy (non-hydrogen) atoms. The summed E-state index contributed by atoms with van der Waals surface area (Å²) in [4.78, 5) is 13.6. The number of nitrogens with zero attached hydrogens (tertiary/aromatic N) is 1. The molecule has 1 N–H and O–H groups in total. The molecular weight excluding hydrogens is 164 g/mol. The number of carbonyl (C=O) groups is 1. The van der Waals surface area contributed by atoms with Crippen LogP contribution in [-0.4, -0.2) is 29.6 Å². The summed E-state index contributed by atoms with van der Waals surface area (Å²) in [5.74, 6) is 1.04. The second kappa shape index (κ2) is 3.29. The van der Waals surface area contributed by atoms with Crippen LogP contribution < -0.4 is 5.32 Å². The highest BCUT2D eigenvalue weighted by atomic mass is 16.2. The van der Waals surface area contributed by atoms with Crippen LogP contribution >= 0.6 is 0 Å². The van der Waals surface area contributed by atoms with E-state index in [1.54, 1.807) is 0 Å². The van der Waals surface area contributed by atoms with Crippen LogP contribution in [0, 0.1) is 5.92 Å². The van der Waals surface area contributed by atoms with Gasteiger partial charge in [-0.3, -0.25) is 10.1 Å². The molecule has 0 aromatic carbocycles. The lowest BCUT2D eigenvalue weighted by Gasteiger charge is -2.36. The predicted molar refractivity (Wildman–Crippen MR) is 51.1 cm³/mol. The van der Waals surface area contributed by atoms with Crippen LogP contribution in [0.3, 0.4) is 0 Å². The predicted octanol–water partition coefficient (Wildman–Crippen LogP) is 0.953. The molecule has 0 radical (unpaired) electrons. The summed E-state index contributed by atoms with van der Waals surface area (Å²) in [6, 6.07) is 0.473. The van der Waals surface area contributed by atoms with Crippen molar-refractivity contribution in [2.45, 2.75) is 45.2 Å². The fraction of sp³-hybridized carbons (Fsp3) is 0.900. The number of hydrogen-bond acceptors (Lipinski definition) is 2. The van der Waals surface area contributed by atoms with Gasteiger partial charge in [0.15, 0.2) is 0 Å². The Balaban J connectivity index is 1.96. The highest BCUT2D eigenvalue weighted by Crippen LogP contribution is 2.32. The fourth-order valence-electron chi connectivity index (χ4n) is 2.17. The molecule has 2 fully saturated rings. The quantitative estimate of drug-likeness (QED) is 0.689. The fourth-order valence-corrected chi connectivity index (χ4v) is 2.17. The Kier molecular flexibility index (Phi) is 2.28. The first kappa shape index (κ1) is 9.00. The maximum absolute atomic E-state index is 11.7. The third kappa shape index (κ3) is 1.46. The highest BCUT2D eigenvalue weighted by molar-refractivity contribution is 5.83.